The molecule has 106 valence electrons. The van der Waals surface area contributed by atoms with Crippen LogP contribution < -0.4 is 0 Å². The molecule has 3 aromatic carbocycles. The molecule has 0 bridgehead atoms. The van der Waals surface area contributed by atoms with E-state index in [1.54, 1.807) is 24.3 Å². The first-order valence-electron chi connectivity index (χ1n) is 6.81. The number of hydrogen-bond donors (Lipinski definition) is 1. The largest absolute Gasteiger partial charge is 0.256 e. The minimum Gasteiger partial charge on any atom is -0.256 e. The molecule has 0 aliphatic heterocycles. The molecule has 0 spiro atoms. The number of phenolic OH excluding ortho intramolecular Hbond substituents is 1. The van der Waals surface area contributed by atoms with Crippen LogP contribution in [0.5, 0.6) is 5.75 Å². The van der Waals surface area contributed by atoms with E-state index in [-0.39, 0.29) is 10.1 Å². The topological polar surface area (TPSA) is 33.1 Å². The maximum Gasteiger partial charge on any atom is 0.0780 e. The summed E-state index contributed by atoms with van der Waals surface area (Å²) in [6.45, 7) is 0. The monoisotopic (exact) mass is 284 g/mol. The van der Waals surface area contributed by atoms with Gasteiger partial charge in [0.1, 0.15) is 5.75 Å². The summed E-state index contributed by atoms with van der Waals surface area (Å²) in [5, 5.41) is 12.3. The second-order valence-electron chi connectivity index (χ2n) is 4.70. The van der Waals surface area contributed by atoms with Crippen molar-refractivity contribution in [3.8, 4) is 5.75 Å². The van der Waals surface area contributed by atoms with E-state index in [0.717, 1.165) is 5.52 Å². The van der Waals surface area contributed by atoms with Gasteiger partial charge >= 0.3 is 10.1 Å². The maximum atomic E-state index is 8.63. The molecule has 1 heterocycles. The molecule has 1 aromatic heterocycles. The van der Waals surface area contributed by atoms with E-state index in [0.29, 0.717) is 5.75 Å². The Balaban J connectivity index is 0.000000189. The Morgan fingerprint density at radius 3 is 2.00 bits per heavy atom. The van der Waals surface area contributed by atoms with Crippen LogP contribution in [-0.4, -0.2) is 20.2 Å². The Morgan fingerprint density at radius 1 is 0.636 bits per heavy atom. The number of hydrogen-bond acceptors (Lipinski definition) is 2. The van der Waals surface area contributed by atoms with E-state index in [1.165, 1.54) is 16.2 Å². The van der Waals surface area contributed by atoms with E-state index in [1.807, 2.05) is 18.3 Å². The van der Waals surface area contributed by atoms with Crippen molar-refractivity contribution < 1.29 is 5.11 Å². The SMILES string of the molecule is Oc1ccccc1.[BeH2].c1ccc2c(c1)ccc1cccnc12. The quantitative estimate of drug-likeness (QED) is 0.393. The number of aromatic nitrogens is 1. The molecule has 2 nitrogen and oxygen atoms in total. The molecule has 4 rings (SSSR count). The van der Waals surface area contributed by atoms with Crippen LogP contribution in [0.1, 0.15) is 0 Å². The van der Waals surface area contributed by atoms with Crippen molar-refractivity contribution >= 4 is 31.8 Å². The van der Waals surface area contributed by atoms with Crippen LogP contribution in [0.4, 0.5) is 0 Å². The maximum absolute atomic E-state index is 8.63. The Morgan fingerprint density at radius 2 is 1.27 bits per heavy atom. The van der Waals surface area contributed by atoms with E-state index in [4.69, 9.17) is 5.11 Å². The van der Waals surface area contributed by atoms with Crippen molar-refractivity contribution in [1.82, 2.24) is 4.98 Å². The fraction of sp³-hybridized carbons (Fsp3) is 0. The standard InChI is InChI=1S/C13H9N.C6H6O.Be.2H/c1-2-6-12-10(4-1)7-8-11-5-3-9-14-13(11)12;7-6-4-2-1-3-5-6;;;/h1-9H;1-5,7H;;;. The average Bonchev–Trinajstić information content (AvgIpc) is 2.56. The summed E-state index contributed by atoms with van der Waals surface area (Å²) in [5.74, 6) is 0.322. The summed E-state index contributed by atoms with van der Waals surface area (Å²) in [7, 11) is 0. The zero-order valence-corrected chi connectivity index (χ0v) is 11.5. The summed E-state index contributed by atoms with van der Waals surface area (Å²) in [4.78, 5) is 4.41. The number of phenols is 1. The smallest absolute Gasteiger partial charge is 0.0780 e. The van der Waals surface area contributed by atoms with Gasteiger partial charge in [-0.3, -0.25) is 4.98 Å². The average molecular weight is 284 g/mol. The molecular weight excluding hydrogens is 267 g/mol. The van der Waals surface area contributed by atoms with Crippen molar-refractivity contribution in [2.45, 2.75) is 0 Å². The molecule has 0 amide bonds. The van der Waals surface area contributed by atoms with Gasteiger partial charge in [0, 0.05) is 17.0 Å². The van der Waals surface area contributed by atoms with E-state index in [9.17, 15) is 0 Å². The van der Waals surface area contributed by atoms with Gasteiger partial charge in [0.05, 0.1) is 5.52 Å². The van der Waals surface area contributed by atoms with Gasteiger partial charge in [-0.1, -0.05) is 60.7 Å². The predicted molar refractivity (Wildman–Crippen MR) is 95.9 cm³/mol. The van der Waals surface area contributed by atoms with Crippen molar-refractivity contribution in [2.75, 3.05) is 0 Å². The third-order valence-corrected chi connectivity index (χ3v) is 3.25. The van der Waals surface area contributed by atoms with Gasteiger partial charge in [0.2, 0.25) is 0 Å². The molecule has 0 saturated heterocycles. The van der Waals surface area contributed by atoms with Crippen LogP contribution in [0.15, 0.2) is 85.1 Å². The number of fused-ring (bicyclic) bond motifs is 3. The molecule has 0 aliphatic carbocycles. The minimum atomic E-state index is 0. The van der Waals surface area contributed by atoms with Gasteiger partial charge in [-0.2, -0.15) is 0 Å². The molecule has 0 unspecified atom stereocenters. The van der Waals surface area contributed by atoms with Crippen molar-refractivity contribution in [1.29, 1.82) is 0 Å². The Bertz CT molecular complexity index is 807. The molecule has 0 saturated carbocycles. The first-order chi connectivity index (χ1) is 10.3. The molecule has 1 N–H and O–H groups in total. The minimum absolute atomic E-state index is 0. The number of benzene rings is 3. The van der Waals surface area contributed by atoms with Gasteiger partial charge in [-0.25, -0.2) is 0 Å². The normalized spacial score (nSPS) is 9.64. The van der Waals surface area contributed by atoms with Crippen LogP contribution in [-0.2, 0) is 0 Å². The van der Waals surface area contributed by atoms with Crippen molar-refractivity contribution in [3.63, 3.8) is 0 Å². The molecule has 0 radical (unpaired) electrons. The van der Waals surface area contributed by atoms with Crippen LogP contribution in [0, 0.1) is 0 Å². The van der Waals surface area contributed by atoms with Crippen molar-refractivity contribution in [3.05, 3.63) is 85.1 Å². The fourth-order valence-corrected chi connectivity index (χ4v) is 2.24. The van der Waals surface area contributed by atoms with Crippen LogP contribution in [0.3, 0.4) is 0 Å². The van der Waals surface area contributed by atoms with Crippen molar-refractivity contribution in [2.24, 2.45) is 0 Å². The van der Waals surface area contributed by atoms with Gasteiger partial charge in [0.15, 0.2) is 0 Å². The second kappa shape index (κ2) is 7.35. The van der Waals surface area contributed by atoms with Crippen LogP contribution in [0.2, 0.25) is 0 Å². The first kappa shape index (κ1) is 15.7. The Kier molecular flexibility index (Phi) is 5.24. The first-order valence-corrected chi connectivity index (χ1v) is 6.81. The van der Waals surface area contributed by atoms with E-state index >= 15 is 0 Å². The molecule has 0 atom stereocenters. The van der Waals surface area contributed by atoms with Crippen LogP contribution >= 0.6 is 0 Å². The Labute approximate surface area is 133 Å². The predicted octanol–water partition coefficient (Wildman–Crippen LogP) is 3.86. The molecular formula is C19H17BeNO. The molecule has 3 heteroatoms. The van der Waals surface area contributed by atoms with Gasteiger partial charge in [0.25, 0.3) is 0 Å². The number of pyridine rings is 1. The number of para-hydroxylation sites is 1. The summed E-state index contributed by atoms with van der Waals surface area (Å²) in [5.41, 5.74) is 1.09. The summed E-state index contributed by atoms with van der Waals surface area (Å²) >= 11 is 0. The zero-order valence-electron chi connectivity index (χ0n) is 11.5. The van der Waals surface area contributed by atoms with Crippen LogP contribution in [0.25, 0.3) is 21.7 Å². The fourth-order valence-electron chi connectivity index (χ4n) is 2.24. The second-order valence-corrected chi connectivity index (χ2v) is 4.70. The zero-order chi connectivity index (χ0) is 14.5. The number of nitrogens with zero attached hydrogens (tertiary/aromatic N) is 1. The van der Waals surface area contributed by atoms with E-state index in [2.05, 4.69) is 47.4 Å². The molecule has 4 aromatic rings. The third-order valence-electron chi connectivity index (χ3n) is 3.25. The van der Waals surface area contributed by atoms with Gasteiger partial charge in [-0.05, 0) is 23.6 Å². The third kappa shape index (κ3) is 3.49. The number of rotatable bonds is 0. The van der Waals surface area contributed by atoms with E-state index < -0.39 is 0 Å². The summed E-state index contributed by atoms with van der Waals surface area (Å²) in [6, 6.07) is 25.4. The summed E-state index contributed by atoms with van der Waals surface area (Å²) in [6.07, 6.45) is 1.84. The molecule has 0 aliphatic rings. The van der Waals surface area contributed by atoms with Gasteiger partial charge < -0.3 is 5.11 Å². The molecule has 22 heavy (non-hydrogen) atoms. The molecule has 0 fully saturated rings. The Hall–Kier alpha value is -2.70. The summed E-state index contributed by atoms with van der Waals surface area (Å²) < 4.78 is 0. The number of aromatic hydroxyl groups is 1. The van der Waals surface area contributed by atoms with Gasteiger partial charge in [-0.15, -0.1) is 0 Å².